The van der Waals surface area contributed by atoms with Gasteiger partial charge in [-0.15, -0.1) is 0 Å². The van der Waals surface area contributed by atoms with Gasteiger partial charge in [-0.2, -0.15) is 0 Å². The molecule has 0 bridgehead atoms. The van der Waals surface area contributed by atoms with Crippen LogP contribution in [0.3, 0.4) is 0 Å². The minimum atomic E-state index is -4.10. The molecule has 0 unspecified atom stereocenters. The zero-order valence-electron chi connectivity index (χ0n) is 12.4. The van der Waals surface area contributed by atoms with Gasteiger partial charge in [0.15, 0.2) is 0 Å². The Morgan fingerprint density at radius 3 is 2.20 bits per heavy atom. The Kier molecular flexibility index (Phi) is 3.90. The smallest absolute Gasteiger partial charge is 0.346 e. The predicted molar refractivity (Wildman–Crippen MR) is 81.0 cm³/mol. The van der Waals surface area contributed by atoms with Gasteiger partial charge < -0.3 is 14.9 Å². The lowest BCUT2D eigenvalue weighted by molar-refractivity contribution is 0.0443. The van der Waals surface area contributed by atoms with Crippen molar-refractivity contribution in [2.24, 2.45) is 0 Å². The Labute approximate surface area is 141 Å². The summed E-state index contributed by atoms with van der Waals surface area (Å²) in [5.41, 5.74) is -0.467. The molecule has 0 saturated carbocycles. The van der Waals surface area contributed by atoms with E-state index in [1.54, 1.807) is 0 Å². The molecule has 0 aliphatic carbocycles. The molecule has 2 aromatic carbocycles. The average molecular weight is 362 g/mol. The summed E-state index contributed by atoms with van der Waals surface area (Å²) in [5, 5.41) is 18.3. The topological polar surface area (TPSA) is 135 Å². The van der Waals surface area contributed by atoms with Crippen molar-refractivity contribution in [3.63, 3.8) is 0 Å². The number of hydrogen-bond acceptors (Lipinski definition) is 7. The van der Waals surface area contributed by atoms with Crippen LogP contribution in [0.25, 0.3) is 0 Å². The molecule has 9 heteroatoms. The Balaban J connectivity index is 2.12. The lowest BCUT2D eigenvalue weighted by Crippen LogP contribution is -2.08. The van der Waals surface area contributed by atoms with E-state index in [0.29, 0.717) is 0 Å². The number of benzene rings is 2. The van der Waals surface area contributed by atoms with E-state index in [0.717, 1.165) is 30.3 Å². The summed E-state index contributed by atoms with van der Waals surface area (Å²) in [6.45, 7) is -0.657. The fraction of sp³-hybridized carbons (Fsp3) is 0.0625. The minimum absolute atomic E-state index is 0.0266. The average Bonchev–Trinajstić information content (AvgIpc) is 2.88. The third kappa shape index (κ3) is 2.69. The van der Waals surface area contributed by atoms with Crippen molar-refractivity contribution >= 4 is 27.7 Å². The number of carbonyl (C=O) groups excluding carboxylic acids is 2. The number of cyclic esters (lactones) is 2. The number of aromatic carboxylic acids is 1. The molecule has 0 fully saturated rings. The molecule has 0 radical (unpaired) electrons. The highest BCUT2D eigenvalue weighted by atomic mass is 32.2. The maximum absolute atomic E-state index is 12.7. The van der Waals surface area contributed by atoms with Gasteiger partial charge in [-0.25, -0.2) is 22.8 Å². The first-order chi connectivity index (χ1) is 11.8. The van der Waals surface area contributed by atoms with Gasteiger partial charge in [0.1, 0.15) is 0 Å². The van der Waals surface area contributed by atoms with Crippen LogP contribution in [0, 0.1) is 0 Å². The van der Waals surface area contributed by atoms with Crippen LogP contribution in [0.15, 0.2) is 46.2 Å². The molecule has 0 amide bonds. The number of carboxylic acids is 1. The van der Waals surface area contributed by atoms with Crippen molar-refractivity contribution in [3.05, 3.63) is 58.7 Å². The fourth-order valence-electron chi connectivity index (χ4n) is 2.44. The Morgan fingerprint density at radius 1 is 0.960 bits per heavy atom. The van der Waals surface area contributed by atoms with Gasteiger partial charge in [0.05, 0.1) is 33.1 Å². The predicted octanol–water partition coefficient (Wildman–Crippen LogP) is 1.02. The lowest BCUT2D eigenvalue weighted by Gasteiger charge is -2.09. The van der Waals surface area contributed by atoms with Gasteiger partial charge in [-0.05, 0) is 42.0 Å². The van der Waals surface area contributed by atoms with E-state index in [1.165, 1.54) is 6.07 Å². The number of aliphatic hydroxyl groups is 1. The van der Waals surface area contributed by atoms with Crippen LogP contribution in [-0.4, -0.2) is 36.5 Å². The van der Waals surface area contributed by atoms with Crippen LogP contribution in [0.5, 0.6) is 0 Å². The molecule has 0 spiro atoms. The van der Waals surface area contributed by atoms with E-state index in [4.69, 9.17) is 5.11 Å². The van der Waals surface area contributed by atoms with Crippen LogP contribution in [0.2, 0.25) is 0 Å². The quantitative estimate of drug-likeness (QED) is 0.608. The Bertz CT molecular complexity index is 1040. The summed E-state index contributed by atoms with van der Waals surface area (Å²) in [6, 6.07) is 6.57. The summed E-state index contributed by atoms with van der Waals surface area (Å²) >= 11 is 0. The normalized spacial score (nSPS) is 13.5. The van der Waals surface area contributed by atoms with Gasteiger partial charge >= 0.3 is 17.9 Å². The van der Waals surface area contributed by atoms with Crippen molar-refractivity contribution in [2.75, 3.05) is 0 Å². The van der Waals surface area contributed by atoms with Gasteiger partial charge in [0.2, 0.25) is 9.84 Å². The van der Waals surface area contributed by atoms with Crippen LogP contribution < -0.4 is 0 Å². The van der Waals surface area contributed by atoms with Crippen molar-refractivity contribution in [1.29, 1.82) is 0 Å². The van der Waals surface area contributed by atoms with Crippen molar-refractivity contribution in [2.45, 2.75) is 16.4 Å². The van der Waals surface area contributed by atoms with Gasteiger partial charge in [-0.3, -0.25) is 0 Å². The van der Waals surface area contributed by atoms with E-state index < -0.39 is 34.4 Å². The third-order valence-electron chi connectivity index (χ3n) is 3.71. The van der Waals surface area contributed by atoms with Crippen LogP contribution in [0.1, 0.15) is 36.6 Å². The molecule has 3 rings (SSSR count). The summed E-state index contributed by atoms with van der Waals surface area (Å²) in [6.07, 6.45) is 0. The summed E-state index contributed by atoms with van der Waals surface area (Å²) in [7, 11) is -4.10. The van der Waals surface area contributed by atoms with Crippen molar-refractivity contribution in [3.8, 4) is 0 Å². The zero-order valence-corrected chi connectivity index (χ0v) is 13.2. The second-order valence-corrected chi connectivity index (χ2v) is 7.12. The van der Waals surface area contributed by atoms with Crippen LogP contribution >= 0.6 is 0 Å². The summed E-state index contributed by atoms with van der Waals surface area (Å²) < 4.78 is 29.8. The number of carboxylic acid groups (broad SMARTS) is 1. The number of sulfone groups is 1. The van der Waals surface area contributed by atoms with Crippen molar-refractivity contribution < 1.29 is 37.8 Å². The number of rotatable bonds is 4. The molecule has 128 valence electrons. The van der Waals surface area contributed by atoms with E-state index in [1.807, 2.05) is 0 Å². The first kappa shape index (κ1) is 16.8. The van der Waals surface area contributed by atoms with Crippen molar-refractivity contribution in [1.82, 2.24) is 0 Å². The molecule has 1 heterocycles. The molecular weight excluding hydrogens is 352 g/mol. The summed E-state index contributed by atoms with van der Waals surface area (Å²) in [5.74, 6) is -3.08. The maximum atomic E-state index is 12.7. The van der Waals surface area contributed by atoms with E-state index in [9.17, 15) is 27.9 Å². The molecule has 2 N–H and O–H groups in total. The molecule has 2 aromatic rings. The number of ether oxygens (including phenoxy) is 1. The first-order valence-corrected chi connectivity index (χ1v) is 8.36. The van der Waals surface area contributed by atoms with Crippen LogP contribution in [0.4, 0.5) is 0 Å². The molecule has 1 aliphatic rings. The number of fused-ring (bicyclic) bond motifs is 1. The fourth-order valence-corrected chi connectivity index (χ4v) is 3.78. The van der Waals surface area contributed by atoms with Gasteiger partial charge in [-0.1, -0.05) is 0 Å². The first-order valence-electron chi connectivity index (χ1n) is 6.88. The molecule has 25 heavy (non-hydrogen) atoms. The molecular formula is C16H10O8S. The van der Waals surface area contributed by atoms with E-state index >= 15 is 0 Å². The second kappa shape index (κ2) is 5.80. The SMILES string of the molecule is O=C(O)c1ccc(S(=O)(=O)c2ccc3c(c2)C(=O)OC3=O)cc1CO. The molecule has 1 aliphatic heterocycles. The number of carbonyl (C=O) groups is 3. The maximum Gasteiger partial charge on any atom is 0.346 e. The van der Waals surface area contributed by atoms with Crippen LogP contribution in [-0.2, 0) is 21.2 Å². The largest absolute Gasteiger partial charge is 0.478 e. The standard InChI is InChI=1S/C16H10O8S/c17-7-8-5-9(1-3-11(8)14(18)19)25(22,23)10-2-4-12-13(6-10)16(21)24-15(12)20/h1-6,17H,7H2,(H,18,19). The lowest BCUT2D eigenvalue weighted by atomic mass is 10.1. The monoisotopic (exact) mass is 362 g/mol. The Hall–Kier alpha value is -3.04. The molecule has 0 atom stereocenters. The molecule has 0 aromatic heterocycles. The van der Waals surface area contributed by atoms with Gasteiger partial charge in [0.25, 0.3) is 0 Å². The second-order valence-electron chi connectivity index (χ2n) is 5.17. The Morgan fingerprint density at radius 2 is 1.56 bits per heavy atom. The third-order valence-corrected chi connectivity index (χ3v) is 5.46. The summed E-state index contributed by atoms with van der Waals surface area (Å²) in [4.78, 5) is 33.5. The highest BCUT2D eigenvalue weighted by Gasteiger charge is 2.32. The number of aliphatic hydroxyl groups excluding tert-OH is 1. The highest BCUT2D eigenvalue weighted by Crippen LogP contribution is 2.28. The van der Waals surface area contributed by atoms with Gasteiger partial charge in [0, 0.05) is 0 Å². The zero-order chi connectivity index (χ0) is 18.4. The minimum Gasteiger partial charge on any atom is -0.478 e. The van der Waals surface area contributed by atoms with E-state index in [-0.39, 0.29) is 32.0 Å². The molecule has 0 saturated heterocycles. The number of esters is 2. The highest BCUT2D eigenvalue weighted by molar-refractivity contribution is 7.91. The van der Waals surface area contributed by atoms with E-state index in [2.05, 4.69) is 4.74 Å². The molecule has 8 nitrogen and oxygen atoms in total. The number of hydrogen-bond donors (Lipinski definition) is 2.